The molecule has 18 heavy (non-hydrogen) atoms. The van der Waals surface area contributed by atoms with Gasteiger partial charge in [-0.3, -0.25) is 0 Å². The van der Waals surface area contributed by atoms with Crippen LogP contribution in [0.3, 0.4) is 0 Å². The molecule has 0 aromatic rings. The zero-order chi connectivity index (χ0) is 13.6. The van der Waals surface area contributed by atoms with Crippen molar-refractivity contribution in [3.8, 4) is 0 Å². The predicted molar refractivity (Wildman–Crippen MR) is 72.5 cm³/mol. The molecule has 1 aliphatic rings. The SMILES string of the molecule is CCC(C)N(C)CCNC(=O)NCC1(CO)CC1. The number of nitrogens with zero attached hydrogens (tertiary/aromatic N) is 1. The number of hydrogen-bond donors (Lipinski definition) is 3. The third kappa shape index (κ3) is 4.82. The van der Waals surface area contributed by atoms with Gasteiger partial charge in [0.1, 0.15) is 0 Å². The van der Waals surface area contributed by atoms with Gasteiger partial charge in [-0.2, -0.15) is 0 Å². The summed E-state index contributed by atoms with van der Waals surface area (Å²) in [6.07, 6.45) is 3.14. The van der Waals surface area contributed by atoms with E-state index in [0.29, 0.717) is 19.1 Å². The Morgan fingerprint density at radius 3 is 2.61 bits per heavy atom. The molecule has 5 heteroatoms. The van der Waals surface area contributed by atoms with E-state index in [0.717, 1.165) is 25.8 Å². The third-order valence-electron chi connectivity index (χ3n) is 4.01. The van der Waals surface area contributed by atoms with Crippen LogP contribution in [-0.4, -0.2) is 55.4 Å². The smallest absolute Gasteiger partial charge is 0.314 e. The van der Waals surface area contributed by atoms with Crippen LogP contribution in [0.4, 0.5) is 4.79 Å². The number of urea groups is 1. The average molecular weight is 257 g/mol. The quantitative estimate of drug-likeness (QED) is 0.602. The van der Waals surface area contributed by atoms with Crippen molar-refractivity contribution in [2.45, 2.75) is 39.2 Å². The summed E-state index contributed by atoms with van der Waals surface area (Å²) in [5.41, 5.74) is -0.0230. The van der Waals surface area contributed by atoms with Crippen LogP contribution in [-0.2, 0) is 0 Å². The van der Waals surface area contributed by atoms with Crippen molar-refractivity contribution in [3.63, 3.8) is 0 Å². The molecular formula is C13H27N3O2. The Kier molecular flexibility index (Phi) is 5.88. The number of rotatable bonds is 8. The Morgan fingerprint density at radius 1 is 1.44 bits per heavy atom. The van der Waals surface area contributed by atoms with Gasteiger partial charge in [0.05, 0.1) is 6.61 Å². The first-order chi connectivity index (χ1) is 8.53. The number of hydrogen-bond acceptors (Lipinski definition) is 3. The van der Waals surface area contributed by atoms with E-state index < -0.39 is 0 Å². The molecule has 0 radical (unpaired) electrons. The predicted octanol–water partition coefficient (Wildman–Crippen LogP) is 0.788. The Hall–Kier alpha value is -0.810. The second-order valence-corrected chi connectivity index (χ2v) is 5.51. The van der Waals surface area contributed by atoms with Crippen molar-refractivity contribution in [2.24, 2.45) is 5.41 Å². The van der Waals surface area contributed by atoms with E-state index in [1.807, 2.05) is 0 Å². The maximum absolute atomic E-state index is 11.5. The number of likely N-dealkylation sites (N-methyl/N-ethyl adjacent to an activating group) is 1. The van der Waals surface area contributed by atoms with Crippen molar-refractivity contribution < 1.29 is 9.90 Å². The fourth-order valence-corrected chi connectivity index (χ4v) is 1.78. The Balaban J connectivity index is 2.06. The number of aliphatic hydroxyl groups is 1. The number of carbonyl (C=O) groups is 1. The van der Waals surface area contributed by atoms with Gasteiger partial charge < -0.3 is 20.6 Å². The minimum atomic E-state index is -0.132. The molecule has 1 rings (SSSR count). The highest BCUT2D eigenvalue weighted by molar-refractivity contribution is 5.73. The summed E-state index contributed by atoms with van der Waals surface area (Å²) in [6.45, 7) is 6.59. The lowest BCUT2D eigenvalue weighted by molar-refractivity contribution is 0.201. The van der Waals surface area contributed by atoms with Crippen LogP contribution in [0.1, 0.15) is 33.1 Å². The van der Waals surface area contributed by atoms with Crippen molar-refractivity contribution in [2.75, 3.05) is 33.3 Å². The van der Waals surface area contributed by atoms with Crippen molar-refractivity contribution in [3.05, 3.63) is 0 Å². The third-order valence-corrected chi connectivity index (χ3v) is 4.01. The van der Waals surface area contributed by atoms with E-state index in [1.165, 1.54) is 0 Å². The van der Waals surface area contributed by atoms with Gasteiger partial charge in [0.15, 0.2) is 0 Å². The van der Waals surface area contributed by atoms with Crippen LogP contribution in [0, 0.1) is 5.41 Å². The Morgan fingerprint density at radius 2 is 2.11 bits per heavy atom. The molecule has 1 saturated carbocycles. The van der Waals surface area contributed by atoms with E-state index in [1.54, 1.807) is 0 Å². The van der Waals surface area contributed by atoms with Crippen molar-refractivity contribution in [1.29, 1.82) is 0 Å². The number of amides is 2. The average Bonchev–Trinajstić information content (AvgIpc) is 3.16. The number of aliphatic hydroxyl groups excluding tert-OH is 1. The number of carbonyl (C=O) groups excluding carboxylic acids is 1. The molecule has 0 aromatic heterocycles. The van der Waals surface area contributed by atoms with Gasteiger partial charge in [0, 0.05) is 31.1 Å². The molecule has 1 unspecified atom stereocenters. The molecule has 0 heterocycles. The van der Waals surface area contributed by atoms with Gasteiger partial charge in [-0.1, -0.05) is 6.92 Å². The van der Waals surface area contributed by atoms with Gasteiger partial charge in [0.2, 0.25) is 0 Å². The Bertz CT molecular complexity index is 267. The molecule has 5 nitrogen and oxygen atoms in total. The van der Waals surface area contributed by atoms with Gasteiger partial charge in [-0.25, -0.2) is 4.79 Å². The lowest BCUT2D eigenvalue weighted by Gasteiger charge is -2.23. The highest BCUT2D eigenvalue weighted by Gasteiger charge is 2.42. The molecule has 0 spiro atoms. The highest BCUT2D eigenvalue weighted by atomic mass is 16.3. The lowest BCUT2D eigenvalue weighted by atomic mass is 10.1. The second-order valence-electron chi connectivity index (χ2n) is 5.51. The molecular weight excluding hydrogens is 230 g/mol. The first kappa shape index (κ1) is 15.2. The minimum absolute atomic E-state index is 0.0230. The van der Waals surface area contributed by atoms with E-state index in [4.69, 9.17) is 5.11 Å². The van der Waals surface area contributed by atoms with Crippen LogP contribution >= 0.6 is 0 Å². The Labute approximate surface area is 110 Å². The fourth-order valence-electron chi connectivity index (χ4n) is 1.78. The zero-order valence-corrected chi connectivity index (χ0v) is 11.8. The number of nitrogens with one attached hydrogen (secondary N) is 2. The standard InChI is InChI=1S/C13H27N3O2/c1-4-11(2)16(3)8-7-14-12(18)15-9-13(10-17)5-6-13/h11,17H,4-10H2,1-3H3,(H2,14,15,18). The normalized spacial score (nSPS) is 18.5. The van der Waals surface area contributed by atoms with Gasteiger partial charge >= 0.3 is 6.03 Å². The zero-order valence-electron chi connectivity index (χ0n) is 11.8. The van der Waals surface area contributed by atoms with Crippen molar-refractivity contribution in [1.82, 2.24) is 15.5 Å². The molecule has 0 aromatic carbocycles. The molecule has 1 atom stereocenters. The summed E-state index contributed by atoms with van der Waals surface area (Å²) >= 11 is 0. The minimum Gasteiger partial charge on any atom is -0.396 e. The maximum Gasteiger partial charge on any atom is 0.314 e. The molecule has 2 amide bonds. The largest absolute Gasteiger partial charge is 0.396 e. The summed E-state index contributed by atoms with van der Waals surface area (Å²) < 4.78 is 0. The lowest BCUT2D eigenvalue weighted by Crippen LogP contribution is -2.43. The summed E-state index contributed by atoms with van der Waals surface area (Å²) in [5, 5.41) is 14.8. The van der Waals surface area contributed by atoms with Crippen LogP contribution in [0.2, 0.25) is 0 Å². The van der Waals surface area contributed by atoms with Crippen LogP contribution < -0.4 is 10.6 Å². The van der Waals surface area contributed by atoms with E-state index in [2.05, 4.69) is 36.4 Å². The first-order valence-corrected chi connectivity index (χ1v) is 6.86. The summed E-state index contributed by atoms with van der Waals surface area (Å²) in [4.78, 5) is 13.8. The van der Waals surface area contributed by atoms with Crippen molar-refractivity contribution >= 4 is 6.03 Å². The van der Waals surface area contributed by atoms with E-state index >= 15 is 0 Å². The molecule has 0 aliphatic heterocycles. The molecule has 106 valence electrons. The summed E-state index contributed by atoms with van der Waals surface area (Å²) in [6, 6.07) is 0.409. The second kappa shape index (κ2) is 6.95. The molecule has 0 saturated heterocycles. The molecule has 1 aliphatic carbocycles. The first-order valence-electron chi connectivity index (χ1n) is 6.86. The summed E-state index contributed by atoms with van der Waals surface area (Å²) in [7, 11) is 2.07. The van der Waals surface area contributed by atoms with Gasteiger partial charge in [-0.05, 0) is 33.2 Å². The summed E-state index contributed by atoms with van der Waals surface area (Å²) in [5.74, 6) is 0. The fraction of sp³-hybridized carbons (Fsp3) is 0.923. The van der Waals surface area contributed by atoms with Gasteiger partial charge in [-0.15, -0.1) is 0 Å². The van der Waals surface area contributed by atoms with Gasteiger partial charge in [0.25, 0.3) is 0 Å². The molecule has 1 fully saturated rings. The molecule has 0 bridgehead atoms. The monoisotopic (exact) mass is 257 g/mol. The topological polar surface area (TPSA) is 64.6 Å². The van der Waals surface area contributed by atoms with E-state index in [-0.39, 0.29) is 18.1 Å². The van der Waals surface area contributed by atoms with Crippen LogP contribution in [0.15, 0.2) is 0 Å². The van der Waals surface area contributed by atoms with Crippen LogP contribution in [0.5, 0.6) is 0 Å². The van der Waals surface area contributed by atoms with E-state index in [9.17, 15) is 4.79 Å². The van der Waals surface area contributed by atoms with Crippen LogP contribution in [0.25, 0.3) is 0 Å². The highest BCUT2D eigenvalue weighted by Crippen LogP contribution is 2.44. The maximum atomic E-state index is 11.5. The molecule has 3 N–H and O–H groups in total.